The second kappa shape index (κ2) is 6.33. The second-order valence-corrected chi connectivity index (χ2v) is 6.93. The van der Waals surface area contributed by atoms with Crippen LogP contribution < -0.4 is 5.32 Å². The number of amides is 3. The largest absolute Gasteiger partial charge is 0.390 e. The number of hydrogen-bond acceptors (Lipinski definition) is 3. The van der Waals surface area contributed by atoms with Gasteiger partial charge in [0.25, 0.3) is 5.91 Å². The maximum atomic E-state index is 13.3. The molecule has 1 fully saturated rings. The van der Waals surface area contributed by atoms with Crippen molar-refractivity contribution in [2.24, 2.45) is 0 Å². The fourth-order valence-electron chi connectivity index (χ4n) is 3.10. The smallest absolute Gasteiger partial charge is 0.325 e. The zero-order chi connectivity index (χ0) is 18.1. The molecule has 1 saturated heterocycles. The first-order valence-corrected chi connectivity index (χ1v) is 8.32. The van der Waals surface area contributed by atoms with Crippen molar-refractivity contribution < 1.29 is 14.7 Å². The molecule has 2 aromatic carbocycles. The highest BCUT2D eigenvalue weighted by atomic mass is 16.3. The minimum Gasteiger partial charge on any atom is -0.390 e. The minimum atomic E-state index is -1.24. The van der Waals surface area contributed by atoms with Crippen LogP contribution in [0.15, 0.2) is 60.7 Å². The Hall–Kier alpha value is -2.66. The van der Waals surface area contributed by atoms with E-state index in [4.69, 9.17) is 0 Å². The molecule has 5 nitrogen and oxygen atoms in total. The summed E-state index contributed by atoms with van der Waals surface area (Å²) in [4.78, 5) is 27.1. The number of nitrogens with zero attached hydrogens (tertiary/aromatic N) is 1. The normalized spacial score (nSPS) is 16.8. The van der Waals surface area contributed by atoms with E-state index in [9.17, 15) is 14.7 Å². The Balaban J connectivity index is 2.05. The fraction of sp³-hybridized carbons (Fsp3) is 0.300. The van der Waals surface area contributed by atoms with Crippen LogP contribution in [0.5, 0.6) is 0 Å². The van der Waals surface area contributed by atoms with Gasteiger partial charge in [-0.05, 0) is 31.4 Å². The third kappa shape index (κ3) is 3.15. The standard InChI is InChI=1S/C20H22N2O3/c1-19(2,25)13-14-22-17(23)20(21-18(22)24,15-9-5-3-6-10-15)16-11-7-4-8-12-16/h3-12,25H,13-14H2,1-2H3,(H,21,24). The van der Waals surface area contributed by atoms with Crippen molar-refractivity contribution in [1.29, 1.82) is 0 Å². The van der Waals surface area contributed by atoms with Crippen molar-refractivity contribution in [3.8, 4) is 0 Å². The van der Waals surface area contributed by atoms with E-state index in [0.29, 0.717) is 17.5 Å². The summed E-state index contributed by atoms with van der Waals surface area (Å²) in [5.74, 6) is -0.320. The molecule has 0 radical (unpaired) electrons. The summed E-state index contributed by atoms with van der Waals surface area (Å²) in [5.41, 5.74) is -0.763. The Morgan fingerprint density at radius 1 is 0.960 bits per heavy atom. The van der Waals surface area contributed by atoms with Crippen molar-refractivity contribution in [3.05, 3.63) is 71.8 Å². The van der Waals surface area contributed by atoms with E-state index in [-0.39, 0.29) is 12.5 Å². The molecule has 5 heteroatoms. The van der Waals surface area contributed by atoms with Crippen molar-refractivity contribution in [2.45, 2.75) is 31.4 Å². The summed E-state index contributed by atoms with van der Waals surface area (Å²) in [7, 11) is 0. The summed E-state index contributed by atoms with van der Waals surface area (Å²) in [6, 6.07) is 18.0. The van der Waals surface area contributed by atoms with Crippen LogP contribution in [0, 0.1) is 0 Å². The van der Waals surface area contributed by atoms with Crippen LogP contribution in [0.4, 0.5) is 4.79 Å². The van der Waals surface area contributed by atoms with Gasteiger partial charge in [-0.1, -0.05) is 60.7 Å². The van der Waals surface area contributed by atoms with E-state index in [1.165, 1.54) is 4.90 Å². The van der Waals surface area contributed by atoms with Gasteiger partial charge in [0, 0.05) is 6.54 Å². The lowest BCUT2D eigenvalue weighted by atomic mass is 9.82. The molecule has 3 amide bonds. The Labute approximate surface area is 147 Å². The Bertz CT molecular complexity index is 727. The molecule has 0 bridgehead atoms. The molecule has 1 heterocycles. The van der Waals surface area contributed by atoms with Gasteiger partial charge in [0.1, 0.15) is 0 Å². The Kier molecular flexibility index (Phi) is 4.35. The van der Waals surface area contributed by atoms with Gasteiger partial charge in [-0.15, -0.1) is 0 Å². The topological polar surface area (TPSA) is 69.6 Å². The molecule has 130 valence electrons. The molecule has 2 aromatic rings. The van der Waals surface area contributed by atoms with E-state index >= 15 is 0 Å². The SMILES string of the molecule is CC(C)(O)CCN1C(=O)NC(c2ccccc2)(c2ccccc2)C1=O. The second-order valence-electron chi connectivity index (χ2n) is 6.93. The maximum Gasteiger partial charge on any atom is 0.325 e. The number of hydrogen-bond donors (Lipinski definition) is 2. The predicted octanol–water partition coefficient (Wildman–Crippen LogP) is 2.64. The number of nitrogens with one attached hydrogen (secondary N) is 1. The van der Waals surface area contributed by atoms with Gasteiger partial charge in [0.15, 0.2) is 5.54 Å². The van der Waals surface area contributed by atoms with Gasteiger partial charge in [-0.25, -0.2) is 4.79 Å². The maximum absolute atomic E-state index is 13.3. The third-order valence-corrected chi connectivity index (χ3v) is 4.47. The quantitative estimate of drug-likeness (QED) is 0.824. The van der Waals surface area contributed by atoms with Crippen LogP contribution in [-0.4, -0.2) is 34.1 Å². The number of aliphatic hydroxyl groups is 1. The van der Waals surface area contributed by atoms with Crippen molar-refractivity contribution in [2.75, 3.05) is 6.54 Å². The summed E-state index contributed by atoms with van der Waals surface area (Å²) >= 11 is 0. The van der Waals surface area contributed by atoms with Gasteiger partial charge in [0.2, 0.25) is 0 Å². The zero-order valence-corrected chi connectivity index (χ0v) is 14.4. The van der Waals surface area contributed by atoms with Crippen LogP contribution >= 0.6 is 0 Å². The molecule has 0 spiro atoms. The highest BCUT2D eigenvalue weighted by molar-refractivity contribution is 6.09. The van der Waals surface area contributed by atoms with Gasteiger partial charge in [-0.2, -0.15) is 0 Å². The fourth-order valence-corrected chi connectivity index (χ4v) is 3.10. The first-order valence-electron chi connectivity index (χ1n) is 8.32. The van der Waals surface area contributed by atoms with Gasteiger partial charge < -0.3 is 10.4 Å². The lowest BCUT2D eigenvalue weighted by molar-refractivity contribution is -0.130. The zero-order valence-electron chi connectivity index (χ0n) is 14.4. The lowest BCUT2D eigenvalue weighted by Gasteiger charge is -2.28. The summed E-state index contributed by atoms with van der Waals surface area (Å²) < 4.78 is 0. The molecule has 25 heavy (non-hydrogen) atoms. The van der Waals surface area contributed by atoms with Crippen LogP contribution in [0.25, 0.3) is 0 Å². The number of benzene rings is 2. The molecule has 1 aliphatic rings. The van der Waals surface area contributed by atoms with E-state index in [1.54, 1.807) is 13.8 Å². The van der Waals surface area contributed by atoms with E-state index in [1.807, 2.05) is 60.7 Å². The molecule has 2 N–H and O–H groups in total. The van der Waals surface area contributed by atoms with E-state index in [0.717, 1.165) is 0 Å². The van der Waals surface area contributed by atoms with E-state index < -0.39 is 17.2 Å². The van der Waals surface area contributed by atoms with Crippen molar-refractivity contribution in [3.63, 3.8) is 0 Å². The highest BCUT2D eigenvalue weighted by Crippen LogP contribution is 2.36. The highest BCUT2D eigenvalue weighted by Gasteiger charge is 2.53. The summed E-state index contributed by atoms with van der Waals surface area (Å²) in [5, 5.41) is 12.8. The lowest BCUT2D eigenvalue weighted by Crippen LogP contribution is -2.45. The Morgan fingerprint density at radius 3 is 1.88 bits per heavy atom. The molecule has 0 saturated carbocycles. The van der Waals surface area contributed by atoms with Crippen molar-refractivity contribution in [1.82, 2.24) is 10.2 Å². The molecule has 0 unspecified atom stereocenters. The van der Waals surface area contributed by atoms with Crippen LogP contribution in [0.2, 0.25) is 0 Å². The van der Waals surface area contributed by atoms with Gasteiger partial charge in [0.05, 0.1) is 5.60 Å². The molecular formula is C20H22N2O3. The average molecular weight is 338 g/mol. The van der Waals surface area contributed by atoms with Crippen LogP contribution in [-0.2, 0) is 10.3 Å². The molecule has 3 rings (SSSR count). The molecule has 1 aliphatic heterocycles. The average Bonchev–Trinajstić information content (AvgIpc) is 2.85. The van der Waals surface area contributed by atoms with Crippen molar-refractivity contribution >= 4 is 11.9 Å². The molecule has 0 atom stereocenters. The first kappa shape index (κ1) is 17.2. The van der Waals surface area contributed by atoms with Gasteiger partial charge >= 0.3 is 6.03 Å². The Morgan fingerprint density at radius 2 is 1.44 bits per heavy atom. The van der Waals surface area contributed by atoms with Gasteiger partial charge in [-0.3, -0.25) is 9.69 Å². The monoisotopic (exact) mass is 338 g/mol. The number of urea groups is 1. The van der Waals surface area contributed by atoms with Crippen LogP contribution in [0.1, 0.15) is 31.4 Å². The molecule has 0 aliphatic carbocycles. The number of carbonyl (C=O) groups excluding carboxylic acids is 2. The number of rotatable bonds is 5. The number of carbonyl (C=O) groups is 2. The summed E-state index contributed by atoms with van der Waals surface area (Å²) in [6.45, 7) is 3.48. The minimum absolute atomic E-state index is 0.162. The predicted molar refractivity (Wildman–Crippen MR) is 94.8 cm³/mol. The third-order valence-electron chi connectivity index (χ3n) is 4.47. The van der Waals surface area contributed by atoms with Crippen LogP contribution in [0.3, 0.4) is 0 Å². The number of imide groups is 1. The van der Waals surface area contributed by atoms with E-state index in [2.05, 4.69) is 5.32 Å². The first-order chi connectivity index (χ1) is 11.8. The molecule has 0 aromatic heterocycles. The molecular weight excluding hydrogens is 316 g/mol. The summed E-state index contributed by atoms with van der Waals surface area (Å²) in [6.07, 6.45) is 0.311.